The lowest BCUT2D eigenvalue weighted by Crippen LogP contribution is -2.14. The number of carbonyl (C=O) groups is 1. The molecule has 5 nitrogen and oxygen atoms in total. The van der Waals surface area contributed by atoms with Gasteiger partial charge in [0.25, 0.3) is 5.91 Å². The van der Waals surface area contributed by atoms with Crippen molar-refractivity contribution in [3.8, 4) is 17.1 Å². The highest BCUT2D eigenvalue weighted by Gasteiger charge is 2.20. The Bertz CT molecular complexity index is 1240. The zero-order valence-corrected chi connectivity index (χ0v) is 18.8. The van der Waals surface area contributed by atoms with E-state index in [2.05, 4.69) is 31.3 Å². The predicted octanol–water partition coefficient (Wildman–Crippen LogP) is 6.56. The van der Waals surface area contributed by atoms with Gasteiger partial charge in [-0.15, -0.1) is 5.10 Å². The molecule has 1 heterocycles. The molecule has 3 aromatic carbocycles. The number of nitrogens with one attached hydrogen (secondary N) is 1. The van der Waals surface area contributed by atoms with E-state index in [1.165, 1.54) is 0 Å². The molecule has 0 atom stereocenters. The summed E-state index contributed by atoms with van der Waals surface area (Å²) in [5.41, 5.74) is 2.98. The lowest BCUT2D eigenvalue weighted by molar-refractivity contribution is 0.101. The highest BCUT2D eigenvalue weighted by atomic mass is 79.9. The molecule has 150 valence electrons. The van der Waals surface area contributed by atoms with E-state index < -0.39 is 5.91 Å². The van der Waals surface area contributed by atoms with Crippen LogP contribution < -0.4 is 5.32 Å². The van der Waals surface area contributed by atoms with Gasteiger partial charge in [0, 0.05) is 15.1 Å². The molecular weight excluding hydrogens is 487 g/mol. The summed E-state index contributed by atoms with van der Waals surface area (Å²) >= 11 is 15.8. The number of carbonyl (C=O) groups excluding carboxylic acids is 1. The fourth-order valence-corrected chi connectivity index (χ4v) is 3.53. The fraction of sp³-hybridized carbons (Fsp3) is 0.0455. The Hall–Kier alpha value is -2.67. The summed E-state index contributed by atoms with van der Waals surface area (Å²) < 4.78 is 2.57. The van der Waals surface area contributed by atoms with Crippen LogP contribution in [0.4, 0.5) is 5.69 Å². The number of nitrogens with zero attached hydrogens (tertiary/aromatic N) is 3. The second-order valence-electron chi connectivity index (χ2n) is 6.54. The topological polar surface area (TPSA) is 59.8 Å². The Kier molecular flexibility index (Phi) is 5.90. The molecule has 0 unspecified atom stereocenters. The highest BCUT2D eigenvalue weighted by molar-refractivity contribution is 9.10. The van der Waals surface area contributed by atoms with Crippen LogP contribution in [0.2, 0.25) is 10.0 Å². The second-order valence-corrected chi connectivity index (χ2v) is 8.30. The van der Waals surface area contributed by atoms with Crippen molar-refractivity contribution >= 4 is 50.7 Å². The number of aryl methyl sites for hydroxylation is 1. The Morgan fingerprint density at radius 3 is 2.50 bits per heavy atom. The monoisotopic (exact) mass is 500 g/mol. The maximum absolute atomic E-state index is 12.9. The van der Waals surface area contributed by atoms with Gasteiger partial charge in [0.05, 0.1) is 16.4 Å². The van der Waals surface area contributed by atoms with Crippen molar-refractivity contribution in [2.75, 3.05) is 5.32 Å². The summed E-state index contributed by atoms with van der Waals surface area (Å²) in [4.78, 5) is 17.4. The van der Waals surface area contributed by atoms with Crippen LogP contribution in [0, 0.1) is 6.92 Å². The summed E-state index contributed by atoms with van der Waals surface area (Å²) in [6.45, 7) is 1.95. The number of anilines is 1. The number of amides is 1. The number of hydrogen-bond donors (Lipinski definition) is 1. The Balaban J connectivity index is 1.81. The normalized spacial score (nSPS) is 10.8. The standard InChI is InChI=1S/C22H15BrCl2N4O/c1-13-6-11-16(24)12-19(13)29-21(14-7-9-15(23)10-8-14)27-20(28-29)22(30)26-18-5-3-2-4-17(18)25/h2-12H,1H3,(H,26,30). The molecule has 30 heavy (non-hydrogen) atoms. The quantitative estimate of drug-likeness (QED) is 0.344. The number of benzene rings is 3. The first-order chi connectivity index (χ1) is 14.4. The van der Waals surface area contributed by atoms with Gasteiger partial charge < -0.3 is 5.32 Å². The van der Waals surface area contributed by atoms with E-state index in [0.29, 0.717) is 21.6 Å². The summed E-state index contributed by atoms with van der Waals surface area (Å²) in [5, 5.41) is 8.25. The third kappa shape index (κ3) is 4.26. The molecule has 0 bridgehead atoms. The molecule has 0 radical (unpaired) electrons. The molecule has 4 aromatic rings. The maximum Gasteiger partial charge on any atom is 0.295 e. The smallest absolute Gasteiger partial charge is 0.295 e. The summed E-state index contributed by atoms with van der Waals surface area (Å²) in [6, 6.07) is 20.1. The van der Waals surface area contributed by atoms with E-state index in [-0.39, 0.29) is 5.82 Å². The van der Waals surface area contributed by atoms with Crippen molar-refractivity contribution in [1.82, 2.24) is 14.8 Å². The van der Waals surface area contributed by atoms with Gasteiger partial charge in [-0.3, -0.25) is 4.79 Å². The maximum atomic E-state index is 12.9. The number of hydrogen-bond acceptors (Lipinski definition) is 3. The first kappa shape index (κ1) is 20.6. The van der Waals surface area contributed by atoms with Gasteiger partial charge in [0.1, 0.15) is 0 Å². The predicted molar refractivity (Wildman–Crippen MR) is 124 cm³/mol. The van der Waals surface area contributed by atoms with Gasteiger partial charge in [-0.1, -0.05) is 69.5 Å². The number of rotatable bonds is 4. The first-order valence-electron chi connectivity index (χ1n) is 8.98. The first-order valence-corrected chi connectivity index (χ1v) is 10.5. The molecule has 1 amide bonds. The lowest BCUT2D eigenvalue weighted by Gasteiger charge is -2.09. The molecule has 0 spiro atoms. The summed E-state index contributed by atoms with van der Waals surface area (Å²) in [5.74, 6) is 0.0873. The zero-order valence-electron chi connectivity index (χ0n) is 15.7. The third-order valence-corrected chi connectivity index (χ3v) is 5.53. The van der Waals surface area contributed by atoms with Crippen LogP contribution in [0.15, 0.2) is 71.2 Å². The Morgan fingerprint density at radius 1 is 1.03 bits per heavy atom. The van der Waals surface area contributed by atoms with Crippen molar-refractivity contribution in [3.05, 3.63) is 92.6 Å². The average molecular weight is 502 g/mol. The van der Waals surface area contributed by atoms with E-state index in [1.807, 2.05) is 43.3 Å². The van der Waals surface area contributed by atoms with Crippen molar-refractivity contribution in [2.45, 2.75) is 6.92 Å². The van der Waals surface area contributed by atoms with Gasteiger partial charge in [0.15, 0.2) is 5.82 Å². The average Bonchev–Trinajstić information content (AvgIpc) is 3.17. The fourth-order valence-electron chi connectivity index (χ4n) is 2.91. The van der Waals surface area contributed by atoms with Crippen LogP contribution >= 0.6 is 39.1 Å². The van der Waals surface area contributed by atoms with E-state index in [4.69, 9.17) is 23.2 Å². The minimum Gasteiger partial charge on any atom is -0.318 e. The van der Waals surface area contributed by atoms with Crippen LogP contribution in [0.3, 0.4) is 0 Å². The van der Waals surface area contributed by atoms with E-state index in [9.17, 15) is 4.79 Å². The van der Waals surface area contributed by atoms with Crippen LogP contribution in [0.1, 0.15) is 16.2 Å². The number of aromatic nitrogens is 3. The molecule has 8 heteroatoms. The van der Waals surface area contributed by atoms with Gasteiger partial charge in [-0.05, 0) is 48.9 Å². The van der Waals surface area contributed by atoms with Gasteiger partial charge >= 0.3 is 0 Å². The molecule has 0 fully saturated rings. The molecule has 0 aliphatic carbocycles. The molecule has 0 saturated heterocycles. The van der Waals surface area contributed by atoms with Gasteiger partial charge in [-0.2, -0.15) is 0 Å². The van der Waals surface area contributed by atoms with Gasteiger partial charge in [0.2, 0.25) is 5.82 Å². The van der Waals surface area contributed by atoms with E-state index in [0.717, 1.165) is 21.3 Å². The largest absolute Gasteiger partial charge is 0.318 e. The van der Waals surface area contributed by atoms with Gasteiger partial charge in [-0.25, -0.2) is 9.67 Å². The third-order valence-electron chi connectivity index (χ3n) is 4.43. The number of para-hydroxylation sites is 1. The lowest BCUT2D eigenvalue weighted by atomic mass is 10.2. The molecule has 1 aromatic heterocycles. The SMILES string of the molecule is Cc1ccc(Cl)cc1-n1nc(C(=O)Nc2ccccc2Cl)nc1-c1ccc(Br)cc1. The zero-order chi connectivity index (χ0) is 21.3. The molecule has 0 saturated carbocycles. The second kappa shape index (κ2) is 8.60. The summed E-state index contributed by atoms with van der Waals surface area (Å²) in [7, 11) is 0. The van der Waals surface area contributed by atoms with Crippen LogP contribution in [-0.2, 0) is 0 Å². The minimum absolute atomic E-state index is 0.0206. The Labute approximate surface area is 191 Å². The molecule has 0 aliphatic heterocycles. The van der Waals surface area contributed by atoms with Crippen molar-refractivity contribution in [2.24, 2.45) is 0 Å². The number of halogens is 3. The Morgan fingerprint density at radius 2 is 1.77 bits per heavy atom. The van der Waals surface area contributed by atoms with Crippen LogP contribution in [-0.4, -0.2) is 20.7 Å². The summed E-state index contributed by atoms with van der Waals surface area (Å²) in [6.07, 6.45) is 0. The molecule has 0 aliphatic rings. The van der Waals surface area contributed by atoms with Crippen molar-refractivity contribution in [1.29, 1.82) is 0 Å². The molecular formula is C22H15BrCl2N4O. The minimum atomic E-state index is -0.458. The highest BCUT2D eigenvalue weighted by Crippen LogP contribution is 2.27. The van der Waals surface area contributed by atoms with E-state index in [1.54, 1.807) is 35.0 Å². The van der Waals surface area contributed by atoms with Crippen LogP contribution in [0.25, 0.3) is 17.1 Å². The van der Waals surface area contributed by atoms with Crippen molar-refractivity contribution in [3.63, 3.8) is 0 Å². The molecule has 1 N–H and O–H groups in total. The molecule has 4 rings (SSSR count). The van der Waals surface area contributed by atoms with Crippen molar-refractivity contribution < 1.29 is 4.79 Å². The van der Waals surface area contributed by atoms with Crippen LogP contribution in [0.5, 0.6) is 0 Å². The van der Waals surface area contributed by atoms with E-state index >= 15 is 0 Å².